The fourth-order valence-corrected chi connectivity index (χ4v) is 5.04. The molecule has 0 fully saturated rings. The monoisotopic (exact) mass is 608 g/mol. The molecule has 2 N–H and O–H groups in total. The predicted molar refractivity (Wildman–Crippen MR) is 150 cm³/mol. The number of hydrogen-bond acceptors (Lipinski definition) is 8. The minimum Gasteiger partial charge on any atom is -0.495 e. The molecule has 3 aromatic carbocycles. The number of amides is 1. The number of fused-ring (bicyclic) bond motifs is 1. The maximum Gasteiger partial charge on any atom is 0.255 e. The third-order valence-corrected chi connectivity index (χ3v) is 6.88. The summed E-state index contributed by atoms with van der Waals surface area (Å²) in [6.45, 7) is 3.99. The molecule has 1 aliphatic heterocycles. The highest BCUT2D eigenvalue weighted by Crippen LogP contribution is 2.43. The SMILES string of the molecule is CCOc1cc(C2C(C(=O)Nc3ccccc3OC)=C(C)Nc3nnnn32)cc(Br)c1OCc1ccccc1F. The highest BCUT2D eigenvalue weighted by atomic mass is 79.9. The smallest absolute Gasteiger partial charge is 0.255 e. The molecule has 1 atom stereocenters. The van der Waals surface area contributed by atoms with Crippen LogP contribution in [0.4, 0.5) is 16.0 Å². The van der Waals surface area contributed by atoms with E-state index in [4.69, 9.17) is 14.2 Å². The molecule has 1 aliphatic rings. The van der Waals surface area contributed by atoms with Gasteiger partial charge in [-0.3, -0.25) is 4.79 Å². The van der Waals surface area contributed by atoms with Gasteiger partial charge in [0.1, 0.15) is 24.2 Å². The van der Waals surface area contributed by atoms with Crippen molar-refractivity contribution in [3.63, 3.8) is 0 Å². The number of nitrogens with zero attached hydrogens (tertiary/aromatic N) is 4. The zero-order chi connectivity index (χ0) is 28.2. The first-order valence-electron chi connectivity index (χ1n) is 12.4. The summed E-state index contributed by atoms with van der Waals surface area (Å²) in [4.78, 5) is 13.8. The molecule has 4 aromatic rings. The third-order valence-electron chi connectivity index (χ3n) is 6.29. The Balaban J connectivity index is 1.54. The van der Waals surface area contributed by atoms with E-state index in [2.05, 4.69) is 42.1 Å². The minimum atomic E-state index is -0.711. The van der Waals surface area contributed by atoms with E-state index < -0.39 is 6.04 Å². The summed E-state index contributed by atoms with van der Waals surface area (Å²) in [7, 11) is 1.54. The lowest BCUT2D eigenvalue weighted by molar-refractivity contribution is -0.113. The molecule has 2 heterocycles. The van der Waals surface area contributed by atoms with Crippen LogP contribution in [0.5, 0.6) is 17.2 Å². The van der Waals surface area contributed by atoms with Crippen LogP contribution in [0.25, 0.3) is 0 Å². The van der Waals surface area contributed by atoms with Gasteiger partial charge in [0.25, 0.3) is 5.91 Å². The number of halogens is 2. The molecule has 1 unspecified atom stereocenters. The van der Waals surface area contributed by atoms with Gasteiger partial charge in [-0.2, -0.15) is 4.68 Å². The maximum atomic E-state index is 14.2. The molecule has 0 bridgehead atoms. The number of para-hydroxylation sites is 2. The van der Waals surface area contributed by atoms with Crippen LogP contribution in [-0.4, -0.2) is 39.8 Å². The van der Waals surface area contributed by atoms with Crippen LogP contribution in [0.1, 0.15) is 31.0 Å². The van der Waals surface area contributed by atoms with Crippen molar-refractivity contribution in [2.45, 2.75) is 26.5 Å². The molecule has 206 valence electrons. The lowest BCUT2D eigenvalue weighted by atomic mass is 9.94. The number of benzene rings is 3. The van der Waals surface area contributed by atoms with Gasteiger partial charge in [0, 0.05) is 11.3 Å². The fraction of sp³-hybridized carbons (Fsp3) is 0.214. The van der Waals surface area contributed by atoms with Crippen molar-refractivity contribution in [1.29, 1.82) is 0 Å². The number of anilines is 2. The quantitative estimate of drug-likeness (QED) is 0.256. The summed E-state index contributed by atoms with van der Waals surface area (Å²) in [5.74, 6) is 0.995. The van der Waals surface area contributed by atoms with Gasteiger partial charge >= 0.3 is 0 Å². The standard InChI is InChI=1S/C28H26BrFN6O4/c1-4-39-23-14-18(13-19(29)26(23)40-15-17-9-5-6-10-20(17)30)25-24(16(2)31-28-33-34-35-36(25)28)27(37)32-21-11-7-8-12-22(21)38-3/h5-14,25H,4,15H2,1-3H3,(H,32,37)(H,31,33,35). The van der Waals surface area contributed by atoms with E-state index in [1.165, 1.54) is 17.9 Å². The fourth-order valence-electron chi connectivity index (χ4n) is 4.47. The van der Waals surface area contributed by atoms with Gasteiger partial charge in [-0.1, -0.05) is 35.4 Å². The lowest BCUT2D eigenvalue weighted by Gasteiger charge is -2.29. The summed E-state index contributed by atoms with van der Waals surface area (Å²) in [5.41, 5.74) is 2.55. The second-order valence-corrected chi connectivity index (χ2v) is 9.67. The number of allylic oxidation sites excluding steroid dienone is 1. The molecule has 10 nitrogen and oxygen atoms in total. The number of hydrogen-bond donors (Lipinski definition) is 2. The number of carbonyl (C=O) groups excluding carboxylic acids is 1. The van der Waals surface area contributed by atoms with E-state index in [1.807, 2.05) is 19.1 Å². The topological polar surface area (TPSA) is 112 Å². The number of rotatable bonds is 9. The van der Waals surface area contributed by atoms with E-state index in [-0.39, 0.29) is 18.3 Å². The lowest BCUT2D eigenvalue weighted by Crippen LogP contribution is -2.31. The molecule has 12 heteroatoms. The summed E-state index contributed by atoms with van der Waals surface area (Å²) in [6.07, 6.45) is 0. The predicted octanol–water partition coefficient (Wildman–Crippen LogP) is 5.49. The maximum absolute atomic E-state index is 14.2. The summed E-state index contributed by atoms with van der Waals surface area (Å²) in [5, 5.41) is 18.1. The van der Waals surface area contributed by atoms with Crippen molar-refractivity contribution >= 4 is 33.5 Å². The van der Waals surface area contributed by atoms with Crippen LogP contribution in [0.2, 0.25) is 0 Å². The first-order chi connectivity index (χ1) is 19.4. The first kappa shape index (κ1) is 27.1. The minimum absolute atomic E-state index is 0.000756. The van der Waals surface area contributed by atoms with E-state index in [1.54, 1.807) is 49.4 Å². The molecule has 1 amide bonds. The molecule has 0 aliphatic carbocycles. The number of carbonyl (C=O) groups is 1. The Kier molecular flexibility index (Phi) is 7.96. The average Bonchev–Trinajstić information content (AvgIpc) is 3.41. The molecule has 40 heavy (non-hydrogen) atoms. The first-order valence-corrected chi connectivity index (χ1v) is 13.2. The Labute approximate surface area is 238 Å². The Morgan fingerprint density at radius 2 is 1.90 bits per heavy atom. The van der Waals surface area contributed by atoms with Crippen LogP contribution in [0.15, 0.2) is 76.4 Å². The van der Waals surface area contributed by atoms with Crippen LogP contribution >= 0.6 is 15.9 Å². The highest BCUT2D eigenvalue weighted by molar-refractivity contribution is 9.10. The molecule has 5 rings (SSSR count). The van der Waals surface area contributed by atoms with Gasteiger partial charge in [0.2, 0.25) is 5.95 Å². The van der Waals surface area contributed by atoms with Crippen LogP contribution in [0.3, 0.4) is 0 Å². The van der Waals surface area contributed by atoms with Crippen LogP contribution in [0, 0.1) is 5.82 Å². The number of nitrogens with one attached hydrogen (secondary N) is 2. The number of methoxy groups -OCH3 is 1. The van der Waals surface area contributed by atoms with Crippen molar-refractivity contribution in [3.8, 4) is 17.2 Å². The molecule has 0 saturated heterocycles. The number of ether oxygens (including phenoxy) is 3. The summed E-state index contributed by atoms with van der Waals surface area (Å²) < 4.78 is 33.6. The molecule has 0 saturated carbocycles. The van der Waals surface area contributed by atoms with Gasteiger partial charge in [-0.05, 0) is 76.1 Å². The van der Waals surface area contributed by atoms with Crippen LogP contribution in [-0.2, 0) is 11.4 Å². The van der Waals surface area contributed by atoms with Crippen molar-refractivity contribution in [2.75, 3.05) is 24.4 Å². The van der Waals surface area contributed by atoms with Crippen molar-refractivity contribution in [2.24, 2.45) is 0 Å². The van der Waals surface area contributed by atoms with Gasteiger partial charge in [-0.25, -0.2) is 4.39 Å². The van der Waals surface area contributed by atoms with Gasteiger partial charge in [0.15, 0.2) is 11.5 Å². The second kappa shape index (κ2) is 11.7. The molecular formula is C28H26BrFN6O4. The largest absolute Gasteiger partial charge is 0.495 e. The second-order valence-electron chi connectivity index (χ2n) is 8.81. The zero-order valence-electron chi connectivity index (χ0n) is 21.9. The Morgan fingerprint density at radius 3 is 2.67 bits per heavy atom. The zero-order valence-corrected chi connectivity index (χ0v) is 23.5. The van der Waals surface area contributed by atoms with Crippen molar-refractivity contribution in [3.05, 3.63) is 93.4 Å². The average molecular weight is 609 g/mol. The van der Waals surface area contributed by atoms with E-state index in [9.17, 15) is 9.18 Å². The summed E-state index contributed by atoms with van der Waals surface area (Å²) in [6, 6.07) is 16.4. The molecule has 1 aromatic heterocycles. The Morgan fingerprint density at radius 1 is 1.12 bits per heavy atom. The van der Waals surface area contributed by atoms with E-state index in [0.29, 0.717) is 62.4 Å². The molecule has 0 spiro atoms. The molecular weight excluding hydrogens is 583 g/mol. The molecule has 0 radical (unpaired) electrons. The normalized spacial score (nSPS) is 14.3. The van der Waals surface area contributed by atoms with Crippen LogP contribution < -0.4 is 24.8 Å². The van der Waals surface area contributed by atoms with Crippen molar-refractivity contribution < 1.29 is 23.4 Å². The Hall–Kier alpha value is -4.45. The van der Waals surface area contributed by atoms with E-state index in [0.717, 1.165) is 0 Å². The van der Waals surface area contributed by atoms with Gasteiger partial charge in [-0.15, -0.1) is 0 Å². The highest BCUT2D eigenvalue weighted by Gasteiger charge is 2.35. The van der Waals surface area contributed by atoms with Crippen molar-refractivity contribution in [1.82, 2.24) is 20.2 Å². The Bertz CT molecular complexity index is 1590. The third kappa shape index (κ3) is 5.34. The number of aromatic nitrogens is 4. The van der Waals surface area contributed by atoms with Gasteiger partial charge in [0.05, 0.1) is 29.4 Å². The summed E-state index contributed by atoms with van der Waals surface area (Å²) >= 11 is 3.59. The van der Waals surface area contributed by atoms with E-state index >= 15 is 0 Å². The van der Waals surface area contributed by atoms with Gasteiger partial charge < -0.3 is 24.8 Å². The number of tetrazole rings is 1.